The largest absolute Gasteiger partial charge is 0.497 e. The fourth-order valence-electron chi connectivity index (χ4n) is 3.49. The van der Waals surface area contributed by atoms with Gasteiger partial charge in [-0.15, -0.1) is 0 Å². The van der Waals surface area contributed by atoms with Crippen LogP contribution in [0.15, 0.2) is 48.5 Å². The lowest BCUT2D eigenvalue weighted by molar-refractivity contribution is 0.0798. The molecule has 2 aromatic rings. The molecule has 1 fully saturated rings. The number of nitrogens with zero attached hydrogens (tertiary/aromatic N) is 1. The van der Waals surface area contributed by atoms with Crippen molar-refractivity contribution in [2.75, 3.05) is 27.3 Å². The van der Waals surface area contributed by atoms with Crippen LogP contribution in [0.2, 0.25) is 0 Å². The highest BCUT2D eigenvalue weighted by atomic mass is 16.5. The smallest absolute Gasteiger partial charge is 0.251 e. The summed E-state index contributed by atoms with van der Waals surface area (Å²) in [7, 11) is 3.25. The van der Waals surface area contributed by atoms with Gasteiger partial charge in [-0.2, -0.15) is 0 Å². The summed E-state index contributed by atoms with van der Waals surface area (Å²) < 4.78 is 10.3. The molecule has 6 nitrogen and oxygen atoms in total. The molecule has 150 valence electrons. The maximum Gasteiger partial charge on any atom is 0.251 e. The third-order valence-electron chi connectivity index (χ3n) is 5.13. The molecule has 1 saturated heterocycles. The minimum Gasteiger partial charge on any atom is -0.497 e. The maximum atomic E-state index is 12.6. The number of carbonyl (C=O) groups excluding carboxylic acids is 1. The van der Waals surface area contributed by atoms with Crippen LogP contribution in [0.4, 0.5) is 0 Å². The Morgan fingerprint density at radius 3 is 2.29 bits per heavy atom. The fourth-order valence-corrected chi connectivity index (χ4v) is 3.49. The fraction of sp³-hybridized carbons (Fsp3) is 0.409. The number of hydrogen-bond donors (Lipinski definition) is 2. The quantitative estimate of drug-likeness (QED) is 0.801. The van der Waals surface area contributed by atoms with Gasteiger partial charge in [-0.05, 0) is 61.3 Å². The first-order chi connectivity index (χ1) is 13.6. The van der Waals surface area contributed by atoms with E-state index in [1.54, 1.807) is 38.5 Å². The Labute approximate surface area is 166 Å². The van der Waals surface area contributed by atoms with Gasteiger partial charge in [0, 0.05) is 18.7 Å². The topological polar surface area (TPSA) is 71.0 Å². The van der Waals surface area contributed by atoms with Gasteiger partial charge in [0.1, 0.15) is 11.5 Å². The number of nitrogens with one attached hydrogen (secondary N) is 1. The van der Waals surface area contributed by atoms with Gasteiger partial charge in [0.05, 0.1) is 26.4 Å². The molecule has 0 bridgehead atoms. The molecule has 2 unspecified atom stereocenters. The highest BCUT2D eigenvalue weighted by Crippen LogP contribution is 2.18. The van der Waals surface area contributed by atoms with Crippen molar-refractivity contribution in [3.63, 3.8) is 0 Å². The third-order valence-corrected chi connectivity index (χ3v) is 5.13. The van der Waals surface area contributed by atoms with Gasteiger partial charge in [-0.3, -0.25) is 9.69 Å². The van der Waals surface area contributed by atoms with Crippen LogP contribution in [0.5, 0.6) is 11.5 Å². The lowest BCUT2D eigenvalue weighted by Crippen LogP contribution is -2.48. The maximum absolute atomic E-state index is 12.6. The van der Waals surface area contributed by atoms with E-state index in [-0.39, 0.29) is 11.9 Å². The van der Waals surface area contributed by atoms with Crippen LogP contribution in [0.1, 0.15) is 28.8 Å². The molecule has 1 aliphatic heterocycles. The highest BCUT2D eigenvalue weighted by Gasteiger charge is 2.27. The van der Waals surface area contributed by atoms with Crippen LogP contribution in [-0.4, -0.2) is 55.4 Å². The molecule has 1 aliphatic rings. The highest BCUT2D eigenvalue weighted by molar-refractivity contribution is 5.94. The molecule has 2 atom stereocenters. The summed E-state index contributed by atoms with van der Waals surface area (Å²) in [6, 6.07) is 14.7. The monoisotopic (exact) mass is 384 g/mol. The zero-order valence-corrected chi connectivity index (χ0v) is 16.4. The molecule has 0 aliphatic carbocycles. The normalized spacial score (nSPS) is 20.2. The molecule has 0 aromatic heterocycles. The Hall–Kier alpha value is -2.57. The summed E-state index contributed by atoms with van der Waals surface area (Å²) in [5, 5.41) is 13.5. The predicted molar refractivity (Wildman–Crippen MR) is 108 cm³/mol. The standard InChI is InChI=1S/C22H28N2O4/c1-27-18-9-5-16(6-10-18)14-24-13-3-4-21(25)20(15-24)23-22(26)17-7-11-19(28-2)12-8-17/h5-12,20-21,25H,3-4,13-15H2,1-2H3,(H,23,26). The Morgan fingerprint density at radius 2 is 1.68 bits per heavy atom. The number of rotatable bonds is 6. The number of amides is 1. The minimum atomic E-state index is -0.553. The van der Waals surface area contributed by atoms with Crippen molar-refractivity contribution in [3.8, 4) is 11.5 Å². The van der Waals surface area contributed by atoms with E-state index >= 15 is 0 Å². The minimum absolute atomic E-state index is 0.182. The molecule has 0 saturated carbocycles. The lowest BCUT2D eigenvalue weighted by atomic mass is 10.1. The molecule has 2 aromatic carbocycles. The third kappa shape index (κ3) is 5.24. The molecular formula is C22H28N2O4. The van der Waals surface area contributed by atoms with Crippen molar-refractivity contribution in [2.24, 2.45) is 0 Å². The van der Waals surface area contributed by atoms with Gasteiger partial charge >= 0.3 is 0 Å². The first-order valence-electron chi connectivity index (χ1n) is 9.57. The molecule has 6 heteroatoms. The number of carbonyl (C=O) groups is 1. The van der Waals surface area contributed by atoms with Crippen molar-refractivity contribution in [1.29, 1.82) is 0 Å². The van der Waals surface area contributed by atoms with Gasteiger partial charge in [0.2, 0.25) is 0 Å². The number of aliphatic hydroxyl groups excluding tert-OH is 1. The number of benzene rings is 2. The van der Waals surface area contributed by atoms with Crippen LogP contribution in [0.25, 0.3) is 0 Å². The molecule has 2 N–H and O–H groups in total. The van der Waals surface area contributed by atoms with E-state index in [0.717, 1.165) is 25.3 Å². The van der Waals surface area contributed by atoms with E-state index in [0.29, 0.717) is 24.3 Å². The average Bonchev–Trinajstić information content (AvgIpc) is 2.89. The van der Waals surface area contributed by atoms with Crippen LogP contribution >= 0.6 is 0 Å². The number of methoxy groups -OCH3 is 2. The van der Waals surface area contributed by atoms with Gasteiger partial charge < -0.3 is 19.9 Å². The van der Waals surface area contributed by atoms with E-state index < -0.39 is 6.10 Å². The Morgan fingerprint density at radius 1 is 1.07 bits per heavy atom. The lowest BCUT2D eigenvalue weighted by Gasteiger charge is -2.27. The van der Waals surface area contributed by atoms with Crippen LogP contribution in [0, 0.1) is 0 Å². The number of likely N-dealkylation sites (tertiary alicyclic amines) is 1. The van der Waals surface area contributed by atoms with E-state index in [4.69, 9.17) is 9.47 Å². The van der Waals surface area contributed by atoms with Gasteiger partial charge in [-0.1, -0.05) is 12.1 Å². The average molecular weight is 384 g/mol. The second-order valence-electron chi connectivity index (χ2n) is 7.10. The second kappa shape index (κ2) is 9.57. The summed E-state index contributed by atoms with van der Waals surface area (Å²) in [5.41, 5.74) is 1.73. The summed E-state index contributed by atoms with van der Waals surface area (Å²) in [6.07, 6.45) is 1.02. The van der Waals surface area contributed by atoms with Crippen molar-refractivity contribution in [2.45, 2.75) is 31.5 Å². The first-order valence-corrected chi connectivity index (χ1v) is 9.57. The Bertz CT molecular complexity index is 761. The van der Waals surface area contributed by atoms with Gasteiger partial charge in [0.25, 0.3) is 5.91 Å². The van der Waals surface area contributed by atoms with E-state index in [9.17, 15) is 9.90 Å². The van der Waals surface area contributed by atoms with Crippen LogP contribution < -0.4 is 14.8 Å². The molecule has 1 heterocycles. The molecule has 1 amide bonds. The second-order valence-corrected chi connectivity index (χ2v) is 7.10. The van der Waals surface area contributed by atoms with Crippen molar-refractivity contribution in [1.82, 2.24) is 10.2 Å². The van der Waals surface area contributed by atoms with E-state index in [1.807, 2.05) is 24.3 Å². The Kier molecular flexibility index (Phi) is 6.90. The van der Waals surface area contributed by atoms with E-state index in [2.05, 4.69) is 10.2 Å². The predicted octanol–water partition coefficient (Wildman–Crippen LogP) is 2.46. The van der Waals surface area contributed by atoms with Gasteiger partial charge in [-0.25, -0.2) is 0 Å². The molecule has 28 heavy (non-hydrogen) atoms. The van der Waals surface area contributed by atoms with Crippen LogP contribution in [-0.2, 0) is 6.54 Å². The van der Waals surface area contributed by atoms with Crippen LogP contribution in [0.3, 0.4) is 0 Å². The number of hydrogen-bond acceptors (Lipinski definition) is 5. The summed E-state index contributed by atoms with van der Waals surface area (Å²) in [5.74, 6) is 1.36. The van der Waals surface area contributed by atoms with Crippen molar-refractivity contribution in [3.05, 3.63) is 59.7 Å². The summed E-state index contributed by atoms with van der Waals surface area (Å²) in [4.78, 5) is 14.9. The molecule has 3 rings (SSSR count). The zero-order valence-electron chi connectivity index (χ0n) is 16.4. The van der Waals surface area contributed by atoms with E-state index in [1.165, 1.54) is 5.56 Å². The summed E-state index contributed by atoms with van der Waals surface area (Å²) in [6.45, 7) is 2.26. The van der Waals surface area contributed by atoms with Crippen molar-refractivity contribution < 1.29 is 19.4 Å². The molecule has 0 radical (unpaired) electrons. The summed E-state index contributed by atoms with van der Waals surface area (Å²) >= 11 is 0. The SMILES string of the molecule is COc1ccc(CN2CCCC(O)C(NC(=O)c3ccc(OC)cc3)C2)cc1. The Balaban J connectivity index is 1.63. The first kappa shape index (κ1) is 20.2. The molecular weight excluding hydrogens is 356 g/mol. The number of ether oxygens (including phenoxy) is 2. The number of aliphatic hydroxyl groups is 1. The van der Waals surface area contributed by atoms with Crippen molar-refractivity contribution >= 4 is 5.91 Å². The zero-order chi connectivity index (χ0) is 19.9. The van der Waals surface area contributed by atoms with Gasteiger partial charge in [0.15, 0.2) is 0 Å². The molecule has 0 spiro atoms.